The second kappa shape index (κ2) is 6.41. The van der Waals surface area contributed by atoms with Crippen LogP contribution in [0.5, 0.6) is 0 Å². The van der Waals surface area contributed by atoms with Crippen LogP contribution in [0.25, 0.3) is 0 Å². The molecule has 118 valence electrons. The van der Waals surface area contributed by atoms with Crippen molar-refractivity contribution in [1.29, 1.82) is 0 Å². The van der Waals surface area contributed by atoms with Gasteiger partial charge >= 0.3 is 0 Å². The predicted molar refractivity (Wildman–Crippen MR) is 77.4 cm³/mol. The van der Waals surface area contributed by atoms with Crippen molar-refractivity contribution in [3.63, 3.8) is 0 Å². The summed E-state index contributed by atoms with van der Waals surface area (Å²) in [7, 11) is -7.23. The maximum atomic E-state index is 12.1. The lowest BCUT2D eigenvalue weighted by atomic mass is 10.2. The highest BCUT2D eigenvalue weighted by Gasteiger charge is 2.27. The summed E-state index contributed by atoms with van der Waals surface area (Å²) in [6, 6.07) is 5.90. The van der Waals surface area contributed by atoms with Crippen LogP contribution in [0.4, 0.5) is 0 Å². The summed E-state index contributed by atoms with van der Waals surface area (Å²) in [6.07, 6.45) is 0.930. The van der Waals surface area contributed by atoms with Crippen molar-refractivity contribution in [1.82, 2.24) is 4.72 Å². The van der Waals surface area contributed by atoms with Crippen LogP contribution < -0.4 is 9.86 Å². The number of sulfonamides is 2. The van der Waals surface area contributed by atoms with Crippen LogP contribution in [0.3, 0.4) is 0 Å². The number of benzene rings is 1. The largest absolute Gasteiger partial charge is 0.381 e. The summed E-state index contributed by atoms with van der Waals surface area (Å²) in [5.74, 6) is 0. The topological polar surface area (TPSA) is 116 Å². The molecule has 1 fully saturated rings. The van der Waals surface area contributed by atoms with Crippen LogP contribution >= 0.6 is 0 Å². The molecule has 7 nitrogen and oxygen atoms in total. The summed E-state index contributed by atoms with van der Waals surface area (Å²) in [5, 5.41) is 4.58. The fourth-order valence-corrected chi connectivity index (χ4v) is 4.12. The van der Waals surface area contributed by atoms with Gasteiger partial charge in [-0.1, -0.05) is 12.1 Å². The lowest BCUT2D eigenvalue weighted by molar-refractivity contribution is 0.0981. The molecule has 0 radical (unpaired) electrons. The van der Waals surface area contributed by atoms with Crippen molar-refractivity contribution in [3.8, 4) is 0 Å². The highest BCUT2D eigenvalue weighted by atomic mass is 32.2. The van der Waals surface area contributed by atoms with E-state index in [1.165, 1.54) is 18.2 Å². The van der Waals surface area contributed by atoms with E-state index in [-0.39, 0.29) is 11.4 Å². The zero-order valence-electron chi connectivity index (χ0n) is 11.4. The maximum Gasteiger partial charge on any atom is 0.238 e. The molecule has 9 heteroatoms. The van der Waals surface area contributed by atoms with Gasteiger partial charge in [0, 0.05) is 19.8 Å². The summed E-state index contributed by atoms with van der Waals surface area (Å²) in [4.78, 5) is -0.0368. The molecule has 1 heterocycles. The summed E-state index contributed by atoms with van der Waals surface area (Å²) in [6.45, 7) is 0.905. The second-order valence-corrected chi connectivity index (χ2v) is 8.48. The third kappa shape index (κ3) is 4.48. The molecule has 1 aromatic rings. The van der Waals surface area contributed by atoms with Gasteiger partial charge in [0.25, 0.3) is 0 Å². The number of nitrogens with two attached hydrogens (primary N) is 1. The van der Waals surface area contributed by atoms with Gasteiger partial charge in [0.15, 0.2) is 0 Å². The van der Waals surface area contributed by atoms with Gasteiger partial charge in [-0.3, -0.25) is 0 Å². The molecule has 1 aliphatic heterocycles. The molecule has 0 bridgehead atoms. The Labute approximate surface area is 124 Å². The molecule has 1 aromatic carbocycles. The number of ether oxygens (including phenoxy) is 1. The molecule has 0 spiro atoms. The van der Waals surface area contributed by atoms with E-state index in [4.69, 9.17) is 9.88 Å². The zero-order valence-corrected chi connectivity index (χ0v) is 13.0. The SMILES string of the molecule is NS(=O)(=O)c1cccc(CNS(=O)(=O)C2CCOCC2)c1. The smallest absolute Gasteiger partial charge is 0.238 e. The van der Waals surface area contributed by atoms with Crippen molar-refractivity contribution >= 4 is 20.0 Å². The highest BCUT2D eigenvalue weighted by Crippen LogP contribution is 2.16. The molecule has 0 unspecified atom stereocenters. The Balaban J connectivity index is 2.05. The number of hydrogen-bond donors (Lipinski definition) is 2. The Bertz CT molecular complexity index is 694. The van der Waals surface area contributed by atoms with Crippen molar-refractivity contribution in [2.75, 3.05) is 13.2 Å². The van der Waals surface area contributed by atoms with E-state index in [1.54, 1.807) is 6.07 Å². The number of primary sulfonamides is 1. The van der Waals surface area contributed by atoms with Crippen LogP contribution in [-0.2, 0) is 31.3 Å². The van der Waals surface area contributed by atoms with Crippen LogP contribution in [-0.4, -0.2) is 35.3 Å². The average molecular weight is 334 g/mol. The minimum Gasteiger partial charge on any atom is -0.381 e. The van der Waals surface area contributed by atoms with Gasteiger partial charge in [-0.2, -0.15) is 0 Å². The number of hydrogen-bond acceptors (Lipinski definition) is 5. The lowest BCUT2D eigenvalue weighted by Gasteiger charge is -2.22. The Morgan fingerprint density at radius 2 is 1.86 bits per heavy atom. The van der Waals surface area contributed by atoms with Gasteiger partial charge in [0.1, 0.15) is 0 Å². The molecule has 0 amide bonds. The molecular formula is C12H18N2O5S2. The minimum absolute atomic E-state index is 0.0308. The summed E-state index contributed by atoms with van der Waals surface area (Å²) < 4.78 is 54.4. The molecule has 0 aliphatic carbocycles. The first-order valence-corrected chi connectivity index (χ1v) is 9.56. The third-order valence-corrected chi connectivity index (χ3v) is 6.12. The van der Waals surface area contributed by atoms with Gasteiger partial charge in [0.2, 0.25) is 20.0 Å². The standard InChI is InChI=1S/C12H18N2O5S2/c13-20(15,16)12-3-1-2-10(8-12)9-14-21(17,18)11-4-6-19-7-5-11/h1-3,8,11,14H,4-7,9H2,(H2,13,15,16). The van der Waals surface area contributed by atoms with Gasteiger partial charge in [-0.25, -0.2) is 26.7 Å². The average Bonchev–Trinajstić information content (AvgIpc) is 2.46. The first kappa shape index (κ1) is 16.4. The molecular weight excluding hydrogens is 316 g/mol. The van der Waals surface area contributed by atoms with Crippen molar-refractivity contribution < 1.29 is 21.6 Å². The fraction of sp³-hybridized carbons (Fsp3) is 0.500. The van der Waals surface area contributed by atoms with Gasteiger partial charge in [0.05, 0.1) is 10.1 Å². The molecule has 0 aromatic heterocycles. The lowest BCUT2D eigenvalue weighted by Crippen LogP contribution is -2.37. The summed E-state index contributed by atoms with van der Waals surface area (Å²) in [5.41, 5.74) is 0.539. The zero-order chi connectivity index (χ0) is 15.5. The van der Waals surface area contributed by atoms with E-state index in [9.17, 15) is 16.8 Å². The Morgan fingerprint density at radius 1 is 1.19 bits per heavy atom. The summed E-state index contributed by atoms with van der Waals surface area (Å²) >= 11 is 0. The first-order valence-electron chi connectivity index (χ1n) is 6.47. The van der Waals surface area contributed by atoms with Gasteiger partial charge < -0.3 is 4.74 Å². The fourth-order valence-electron chi connectivity index (χ4n) is 2.12. The molecule has 1 aliphatic rings. The quantitative estimate of drug-likeness (QED) is 0.782. The van der Waals surface area contributed by atoms with Crippen LogP contribution in [0.2, 0.25) is 0 Å². The monoisotopic (exact) mass is 334 g/mol. The van der Waals surface area contributed by atoms with Crippen molar-refractivity contribution in [2.24, 2.45) is 5.14 Å². The number of rotatable bonds is 5. The normalized spacial score (nSPS) is 17.8. The Kier molecular flexibility index (Phi) is 4.99. The minimum atomic E-state index is -3.79. The molecule has 21 heavy (non-hydrogen) atoms. The van der Waals surface area contributed by atoms with Crippen LogP contribution in [0.15, 0.2) is 29.2 Å². The number of nitrogens with one attached hydrogen (secondary N) is 1. The molecule has 1 saturated heterocycles. The second-order valence-electron chi connectivity index (χ2n) is 4.87. The van der Waals surface area contributed by atoms with E-state index in [1.807, 2.05) is 0 Å². The molecule has 0 saturated carbocycles. The van der Waals surface area contributed by atoms with Gasteiger partial charge in [-0.15, -0.1) is 0 Å². The van der Waals surface area contributed by atoms with E-state index < -0.39 is 25.3 Å². The predicted octanol–water partition coefficient (Wildman–Crippen LogP) is -0.0676. The van der Waals surface area contributed by atoms with Crippen molar-refractivity contribution in [2.45, 2.75) is 29.5 Å². The van der Waals surface area contributed by atoms with E-state index in [0.29, 0.717) is 31.6 Å². The molecule has 2 rings (SSSR count). The Hall–Kier alpha value is -1.00. The molecule has 0 atom stereocenters. The van der Waals surface area contributed by atoms with Crippen LogP contribution in [0.1, 0.15) is 18.4 Å². The first-order chi connectivity index (χ1) is 9.79. The van der Waals surface area contributed by atoms with Crippen LogP contribution in [0, 0.1) is 0 Å². The maximum absolute atomic E-state index is 12.1. The Morgan fingerprint density at radius 3 is 2.48 bits per heavy atom. The van der Waals surface area contributed by atoms with E-state index in [0.717, 1.165) is 0 Å². The van der Waals surface area contributed by atoms with Crippen molar-refractivity contribution in [3.05, 3.63) is 29.8 Å². The molecule has 3 N–H and O–H groups in total. The van der Waals surface area contributed by atoms with Gasteiger partial charge in [-0.05, 0) is 30.5 Å². The third-order valence-electron chi connectivity index (χ3n) is 3.31. The highest BCUT2D eigenvalue weighted by molar-refractivity contribution is 7.90. The van der Waals surface area contributed by atoms with E-state index >= 15 is 0 Å². The van der Waals surface area contributed by atoms with E-state index in [2.05, 4.69) is 4.72 Å².